The van der Waals surface area contributed by atoms with E-state index in [1.807, 2.05) is 0 Å². The topological polar surface area (TPSA) is 64.6 Å². The monoisotopic (exact) mass is 325 g/mol. The first-order valence-electron chi connectivity index (χ1n) is 5.55. The Morgan fingerprint density at radius 3 is 2.52 bits per heavy atom. The molecule has 0 atom stereocenters. The molecular formula is C12H11ClF3NO4. The number of benzene rings is 1. The molecule has 0 radical (unpaired) electrons. The quantitative estimate of drug-likeness (QED) is 0.845. The lowest BCUT2D eigenvalue weighted by Gasteiger charge is -2.11. The van der Waals surface area contributed by atoms with Crippen molar-refractivity contribution in [1.29, 1.82) is 0 Å². The van der Waals surface area contributed by atoms with Crippen LogP contribution >= 0.6 is 11.6 Å². The highest BCUT2D eigenvalue weighted by molar-refractivity contribution is 6.31. The van der Waals surface area contributed by atoms with Gasteiger partial charge in [0.1, 0.15) is 6.61 Å². The van der Waals surface area contributed by atoms with Gasteiger partial charge in [-0.3, -0.25) is 4.79 Å². The van der Waals surface area contributed by atoms with Crippen molar-refractivity contribution in [2.24, 2.45) is 0 Å². The van der Waals surface area contributed by atoms with E-state index in [1.54, 1.807) is 0 Å². The van der Waals surface area contributed by atoms with Crippen LogP contribution in [0.5, 0.6) is 0 Å². The Hall–Kier alpha value is -1.80. The van der Waals surface area contributed by atoms with Crippen LogP contribution in [0.1, 0.15) is 5.56 Å². The van der Waals surface area contributed by atoms with Gasteiger partial charge in [0.15, 0.2) is 6.61 Å². The van der Waals surface area contributed by atoms with Gasteiger partial charge in [0, 0.05) is 12.8 Å². The molecule has 1 N–H and O–H groups in total. The van der Waals surface area contributed by atoms with Gasteiger partial charge in [0.05, 0.1) is 10.6 Å². The number of esters is 1. The predicted octanol–water partition coefficient (Wildman–Crippen LogP) is 2.49. The van der Waals surface area contributed by atoms with Crippen LogP contribution in [0, 0.1) is 0 Å². The molecular weight excluding hydrogens is 315 g/mol. The number of rotatable bonds is 5. The van der Waals surface area contributed by atoms with Gasteiger partial charge < -0.3 is 14.8 Å². The van der Waals surface area contributed by atoms with Gasteiger partial charge >= 0.3 is 12.1 Å². The number of methoxy groups -OCH3 is 1. The van der Waals surface area contributed by atoms with E-state index >= 15 is 0 Å². The van der Waals surface area contributed by atoms with Crippen molar-refractivity contribution in [3.05, 3.63) is 28.8 Å². The zero-order valence-corrected chi connectivity index (χ0v) is 11.5. The molecule has 0 fully saturated rings. The van der Waals surface area contributed by atoms with Crippen LogP contribution in [-0.4, -0.2) is 32.2 Å². The Morgan fingerprint density at radius 1 is 1.29 bits per heavy atom. The largest absolute Gasteiger partial charge is 0.454 e. The average molecular weight is 326 g/mol. The van der Waals surface area contributed by atoms with Gasteiger partial charge in [0.2, 0.25) is 0 Å². The van der Waals surface area contributed by atoms with Crippen molar-refractivity contribution in [2.45, 2.75) is 6.18 Å². The number of hydrogen-bond acceptors (Lipinski definition) is 4. The van der Waals surface area contributed by atoms with Crippen LogP contribution in [0.15, 0.2) is 18.2 Å². The van der Waals surface area contributed by atoms with Gasteiger partial charge in [0.25, 0.3) is 5.91 Å². The molecule has 0 heterocycles. The summed E-state index contributed by atoms with van der Waals surface area (Å²) in [6.07, 6.45) is -4.64. The Bertz CT molecular complexity index is 534. The second kappa shape index (κ2) is 7.28. The molecule has 1 amide bonds. The van der Waals surface area contributed by atoms with Crippen molar-refractivity contribution in [3.63, 3.8) is 0 Å². The van der Waals surface area contributed by atoms with Crippen LogP contribution in [0.25, 0.3) is 0 Å². The fourth-order valence-corrected chi connectivity index (χ4v) is 1.55. The Labute approximate surface area is 123 Å². The number of amides is 1. The first kappa shape index (κ1) is 17.3. The Morgan fingerprint density at radius 2 is 1.95 bits per heavy atom. The molecule has 0 aromatic heterocycles. The summed E-state index contributed by atoms with van der Waals surface area (Å²) in [7, 11) is 1.27. The van der Waals surface area contributed by atoms with E-state index in [0.717, 1.165) is 6.07 Å². The van der Waals surface area contributed by atoms with Crippen LogP contribution in [0.2, 0.25) is 5.02 Å². The SMILES string of the molecule is COCC(=O)OCC(=O)Nc1ccc(Cl)c(C(F)(F)F)c1. The summed E-state index contributed by atoms with van der Waals surface area (Å²) in [5.41, 5.74) is -1.18. The minimum atomic E-state index is -4.64. The van der Waals surface area contributed by atoms with Crippen molar-refractivity contribution < 1.29 is 32.2 Å². The maximum Gasteiger partial charge on any atom is 0.417 e. The molecule has 0 aliphatic rings. The van der Waals surface area contributed by atoms with Crippen LogP contribution in [-0.2, 0) is 25.2 Å². The molecule has 0 aliphatic heterocycles. The molecule has 1 aromatic carbocycles. The second-order valence-corrected chi connectivity index (χ2v) is 4.24. The smallest absolute Gasteiger partial charge is 0.417 e. The molecule has 5 nitrogen and oxygen atoms in total. The number of alkyl halides is 3. The first-order valence-corrected chi connectivity index (χ1v) is 5.93. The van der Waals surface area contributed by atoms with Crippen molar-refractivity contribution in [2.75, 3.05) is 25.6 Å². The zero-order chi connectivity index (χ0) is 16.0. The minimum absolute atomic E-state index is 0.112. The molecule has 0 bridgehead atoms. The van der Waals surface area contributed by atoms with E-state index in [2.05, 4.69) is 14.8 Å². The van der Waals surface area contributed by atoms with Crippen molar-refractivity contribution in [1.82, 2.24) is 0 Å². The number of halogens is 4. The molecule has 0 spiro atoms. The normalized spacial score (nSPS) is 11.1. The maximum absolute atomic E-state index is 12.6. The lowest BCUT2D eigenvalue weighted by molar-refractivity contribution is -0.150. The van der Waals surface area contributed by atoms with Gasteiger partial charge in [-0.15, -0.1) is 0 Å². The summed E-state index contributed by atoms with van der Waals surface area (Å²) in [6, 6.07) is 2.90. The summed E-state index contributed by atoms with van der Waals surface area (Å²) in [4.78, 5) is 22.4. The molecule has 0 saturated heterocycles. The highest BCUT2D eigenvalue weighted by atomic mass is 35.5. The number of nitrogens with one attached hydrogen (secondary N) is 1. The number of hydrogen-bond donors (Lipinski definition) is 1. The van der Waals surface area contributed by atoms with Crippen LogP contribution in [0.3, 0.4) is 0 Å². The van der Waals surface area contributed by atoms with E-state index < -0.39 is 35.2 Å². The van der Waals surface area contributed by atoms with E-state index in [9.17, 15) is 22.8 Å². The minimum Gasteiger partial charge on any atom is -0.454 e. The highest BCUT2D eigenvalue weighted by Gasteiger charge is 2.33. The fourth-order valence-electron chi connectivity index (χ4n) is 1.32. The molecule has 0 aliphatic carbocycles. The molecule has 21 heavy (non-hydrogen) atoms. The van der Waals surface area contributed by atoms with Gasteiger partial charge in [-0.2, -0.15) is 13.2 Å². The lowest BCUT2D eigenvalue weighted by Crippen LogP contribution is -2.22. The lowest BCUT2D eigenvalue weighted by atomic mass is 10.2. The third-order valence-electron chi connectivity index (χ3n) is 2.18. The van der Waals surface area contributed by atoms with Crippen molar-refractivity contribution in [3.8, 4) is 0 Å². The summed E-state index contributed by atoms with van der Waals surface area (Å²) in [5, 5.41) is 1.68. The molecule has 9 heteroatoms. The standard InChI is InChI=1S/C12H11ClF3NO4/c1-20-6-11(19)21-5-10(18)17-7-2-3-9(13)8(4-7)12(14,15)16/h2-4H,5-6H2,1H3,(H,17,18). The molecule has 1 aromatic rings. The molecule has 116 valence electrons. The van der Waals surface area contributed by atoms with Gasteiger partial charge in [-0.1, -0.05) is 11.6 Å². The summed E-state index contributed by atoms with van der Waals surface area (Å²) >= 11 is 5.44. The van der Waals surface area contributed by atoms with Crippen LogP contribution < -0.4 is 5.32 Å². The summed E-state index contributed by atoms with van der Waals surface area (Å²) in [6.45, 7) is -0.960. The molecule has 0 unspecified atom stereocenters. The number of carbonyl (C=O) groups excluding carboxylic acids is 2. The van der Waals surface area contributed by atoms with E-state index in [0.29, 0.717) is 6.07 Å². The Kier molecular flexibility index (Phi) is 5.98. The second-order valence-electron chi connectivity index (χ2n) is 3.83. The van der Waals surface area contributed by atoms with E-state index in [-0.39, 0.29) is 12.3 Å². The molecule has 1 rings (SSSR count). The number of ether oxygens (including phenoxy) is 2. The van der Waals surface area contributed by atoms with Crippen molar-refractivity contribution >= 4 is 29.2 Å². The maximum atomic E-state index is 12.6. The average Bonchev–Trinajstić information content (AvgIpc) is 2.38. The van der Waals surface area contributed by atoms with Gasteiger partial charge in [-0.05, 0) is 18.2 Å². The summed E-state index contributed by atoms with van der Waals surface area (Å²) in [5.74, 6) is -1.55. The third-order valence-corrected chi connectivity index (χ3v) is 2.51. The molecule has 0 saturated carbocycles. The van der Waals surface area contributed by atoms with Gasteiger partial charge in [-0.25, -0.2) is 4.79 Å². The summed E-state index contributed by atoms with van der Waals surface area (Å²) < 4.78 is 46.9. The highest BCUT2D eigenvalue weighted by Crippen LogP contribution is 2.36. The third kappa shape index (κ3) is 5.60. The van der Waals surface area contributed by atoms with E-state index in [4.69, 9.17) is 11.6 Å². The number of carbonyl (C=O) groups is 2. The first-order chi connectivity index (χ1) is 9.74. The zero-order valence-electron chi connectivity index (χ0n) is 10.8. The fraction of sp³-hybridized carbons (Fsp3) is 0.333. The van der Waals surface area contributed by atoms with Crippen LogP contribution in [0.4, 0.5) is 18.9 Å². The van der Waals surface area contributed by atoms with E-state index in [1.165, 1.54) is 13.2 Å². The Balaban J connectivity index is 2.67. The number of anilines is 1. The predicted molar refractivity (Wildman–Crippen MR) is 67.9 cm³/mol.